The molecule has 1 aliphatic carbocycles. The molecule has 21 heavy (non-hydrogen) atoms. The summed E-state index contributed by atoms with van der Waals surface area (Å²) in [5.41, 5.74) is 5.03. The summed E-state index contributed by atoms with van der Waals surface area (Å²) in [6.45, 7) is 10.1. The lowest BCUT2D eigenvalue weighted by atomic mass is 9.91. The highest BCUT2D eigenvalue weighted by Gasteiger charge is 2.39. The van der Waals surface area contributed by atoms with Gasteiger partial charge in [-0.25, -0.2) is 0 Å². The number of hydrogen-bond donors (Lipinski definition) is 2. The number of nitrogens with zero attached hydrogens (tertiary/aromatic N) is 1. The van der Waals surface area contributed by atoms with Crippen LogP contribution >= 0.6 is 0 Å². The Kier molecular flexibility index (Phi) is 7.10. The molecule has 0 radical (unpaired) electrons. The number of rotatable bonds is 11. The number of carbonyl (C=O) groups excluding carboxylic acids is 1. The second kappa shape index (κ2) is 8.11. The van der Waals surface area contributed by atoms with E-state index < -0.39 is 5.54 Å². The quantitative estimate of drug-likeness (QED) is 0.607. The van der Waals surface area contributed by atoms with E-state index in [4.69, 9.17) is 10.5 Å². The van der Waals surface area contributed by atoms with E-state index in [0.717, 1.165) is 32.2 Å². The molecule has 3 N–H and O–H groups in total. The summed E-state index contributed by atoms with van der Waals surface area (Å²) in [5.74, 6) is -0.253. The van der Waals surface area contributed by atoms with Gasteiger partial charge < -0.3 is 15.8 Å². The lowest BCUT2D eigenvalue weighted by Gasteiger charge is -2.39. The average Bonchev–Trinajstić information content (AvgIpc) is 3.22. The fraction of sp³-hybridized carbons (Fsp3) is 0.938. The average molecular weight is 299 g/mol. The van der Waals surface area contributed by atoms with Gasteiger partial charge >= 0.3 is 0 Å². The van der Waals surface area contributed by atoms with Crippen LogP contribution in [0.2, 0.25) is 0 Å². The lowest BCUT2D eigenvalue weighted by molar-refractivity contribution is -0.124. The summed E-state index contributed by atoms with van der Waals surface area (Å²) in [6, 6.07) is 1.21. The van der Waals surface area contributed by atoms with Gasteiger partial charge in [-0.15, -0.1) is 0 Å². The smallest absolute Gasteiger partial charge is 0.237 e. The van der Waals surface area contributed by atoms with Gasteiger partial charge in [0, 0.05) is 31.8 Å². The number of hydrogen-bond acceptors (Lipinski definition) is 4. The van der Waals surface area contributed by atoms with Crippen LogP contribution in [0, 0.1) is 0 Å². The maximum Gasteiger partial charge on any atom is 0.237 e. The van der Waals surface area contributed by atoms with Crippen molar-refractivity contribution in [3.63, 3.8) is 0 Å². The molecular weight excluding hydrogens is 266 g/mol. The van der Waals surface area contributed by atoms with Crippen LogP contribution in [0.15, 0.2) is 0 Å². The third kappa shape index (κ3) is 5.57. The zero-order valence-electron chi connectivity index (χ0n) is 14.3. The highest BCUT2D eigenvalue weighted by molar-refractivity contribution is 5.84. The van der Waals surface area contributed by atoms with Crippen molar-refractivity contribution in [2.45, 2.75) is 77.0 Å². The van der Waals surface area contributed by atoms with Crippen LogP contribution in [0.5, 0.6) is 0 Å². The minimum Gasteiger partial charge on any atom is -0.383 e. The highest BCUT2D eigenvalue weighted by Crippen LogP contribution is 2.26. The van der Waals surface area contributed by atoms with Crippen molar-refractivity contribution in [1.82, 2.24) is 10.2 Å². The van der Waals surface area contributed by atoms with E-state index in [9.17, 15) is 4.79 Å². The molecule has 3 atom stereocenters. The first-order valence-electron chi connectivity index (χ1n) is 8.16. The molecule has 0 heterocycles. The van der Waals surface area contributed by atoms with E-state index in [-0.39, 0.29) is 11.9 Å². The molecule has 3 unspecified atom stereocenters. The Morgan fingerprint density at radius 3 is 2.48 bits per heavy atom. The maximum absolute atomic E-state index is 11.9. The number of primary amides is 1. The molecule has 0 saturated heterocycles. The van der Waals surface area contributed by atoms with Crippen LogP contribution in [-0.2, 0) is 9.53 Å². The van der Waals surface area contributed by atoms with E-state index in [1.54, 1.807) is 7.11 Å². The van der Waals surface area contributed by atoms with Crippen molar-refractivity contribution < 1.29 is 9.53 Å². The molecule has 0 aromatic carbocycles. The molecular formula is C16H33N3O2. The molecule has 1 fully saturated rings. The zero-order chi connectivity index (χ0) is 16.0. The number of nitrogens with one attached hydrogen (secondary N) is 1. The normalized spacial score (nSPS) is 21.0. The third-order valence-electron chi connectivity index (χ3n) is 4.62. The van der Waals surface area contributed by atoms with E-state index in [2.05, 4.69) is 31.0 Å². The Bertz CT molecular complexity index is 333. The molecule has 5 nitrogen and oxygen atoms in total. The van der Waals surface area contributed by atoms with E-state index in [0.29, 0.717) is 18.7 Å². The van der Waals surface area contributed by atoms with Gasteiger partial charge in [-0.2, -0.15) is 0 Å². The summed E-state index contributed by atoms with van der Waals surface area (Å²) in [6.07, 6.45) is 4.11. The second-order valence-corrected chi connectivity index (χ2v) is 6.66. The summed E-state index contributed by atoms with van der Waals surface area (Å²) < 4.78 is 5.22. The van der Waals surface area contributed by atoms with Gasteiger partial charge in [0.15, 0.2) is 0 Å². The molecule has 0 aliphatic heterocycles. The number of nitrogens with two attached hydrogens (primary N) is 1. The van der Waals surface area contributed by atoms with Gasteiger partial charge in [-0.05, 0) is 46.5 Å². The standard InChI is InChI=1S/C16H33N3O2/c1-6-12(2)19(9-10-21-5)13(3)11-16(4,15(17)20)18-14-7-8-14/h12-14,18H,6-11H2,1-5H3,(H2,17,20). The highest BCUT2D eigenvalue weighted by atomic mass is 16.5. The summed E-state index contributed by atoms with van der Waals surface area (Å²) >= 11 is 0. The number of methoxy groups -OCH3 is 1. The van der Waals surface area contributed by atoms with Crippen LogP contribution in [0.1, 0.15) is 53.4 Å². The van der Waals surface area contributed by atoms with Gasteiger partial charge in [0.05, 0.1) is 12.1 Å². The van der Waals surface area contributed by atoms with Gasteiger partial charge in [0.25, 0.3) is 0 Å². The fourth-order valence-corrected chi connectivity index (χ4v) is 2.92. The molecule has 0 aromatic rings. The van der Waals surface area contributed by atoms with Gasteiger partial charge in [-0.3, -0.25) is 9.69 Å². The van der Waals surface area contributed by atoms with Crippen LogP contribution in [-0.4, -0.2) is 54.7 Å². The molecule has 1 aliphatic rings. The minimum atomic E-state index is -0.626. The Morgan fingerprint density at radius 1 is 1.43 bits per heavy atom. The topological polar surface area (TPSA) is 67.6 Å². The summed E-state index contributed by atoms with van der Waals surface area (Å²) in [7, 11) is 1.72. The Labute approximate surface area is 129 Å². The second-order valence-electron chi connectivity index (χ2n) is 6.66. The van der Waals surface area contributed by atoms with Crippen LogP contribution in [0.4, 0.5) is 0 Å². The van der Waals surface area contributed by atoms with Crippen LogP contribution in [0.25, 0.3) is 0 Å². The molecule has 1 saturated carbocycles. The summed E-state index contributed by atoms with van der Waals surface area (Å²) in [5, 5.41) is 3.43. The van der Waals surface area contributed by atoms with Crippen molar-refractivity contribution in [1.29, 1.82) is 0 Å². The number of amides is 1. The first-order valence-corrected chi connectivity index (χ1v) is 8.16. The fourth-order valence-electron chi connectivity index (χ4n) is 2.92. The molecule has 1 rings (SSSR count). The monoisotopic (exact) mass is 299 g/mol. The maximum atomic E-state index is 11.9. The minimum absolute atomic E-state index is 0.253. The summed E-state index contributed by atoms with van der Waals surface area (Å²) in [4.78, 5) is 14.3. The molecule has 5 heteroatoms. The van der Waals surface area contributed by atoms with Crippen molar-refractivity contribution in [3.8, 4) is 0 Å². The number of carbonyl (C=O) groups is 1. The van der Waals surface area contributed by atoms with Gasteiger partial charge in [0.2, 0.25) is 5.91 Å². The van der Waals surface area contributed by atoms with Crippen molar-refractivity contribution in [3.05, 3.63) is 0 Å². The van der Waals surface area contributed by atoms with Crippen molar-refractivity contribution >= 4 is 5.91 Å². The first-order chi connectivity index (χ1) is 9.84. The molecule has 1 amide bonds. The first kappa shape index (κ1) is 18.4. The van der Waals surface area contributed by atoms with Crippen LogP contribution < -0.4 is 11.1 Å². The van der Waals surface area contributed by atoms with Crippen LogP contribution in [0.3, 0.4) is 0 Å². The van der Waals surface area contributed by atoms with Gasteiger partial charge in [-0.1, -0.05) is 6.92 Å². The molecule has 0 aromatic heterocycles. The lowest BCUT2D eigenvalue weighted by Crippen LogP contribution is -2.58. The predicted molar refractivity (Wildman–Crippen MR) is 86.2 cm³/mol. The Hall–Kier alpha value is -0.650. The molecule has 0 bridgehead atoms. The zero-order valence-corrected chi connectivity index (χ0v) is 14.3. The van der Waals surface area contributed by atoms with Gasteiger partial charge in [0.1, 0.15) is 0 Å². The predicted octanol–water partition coefficient (Wildman–Crippen LogP) is 1.51. The Balaban J connectivity index is 2.70. The molecule has 124 valence electrons. The number of ether oxygens (including phenoxy) is 1. The third-order valence-corrected chi connectivity index (χ3v) is 4.62. The van der Waals surface area contributed by atoms with E-state index in [1.807, 2.05) is 6.92 Å². The van der Waals surface area contributed by atoms with Crippen molar-refractivity contribution in [2.24, 2.45) is 5.73 Å². The molecule has 0 spiro atoms. The van der Waals surface area contributed by atoms with Crippen molar-refractivity contribution in [2.75, 3.05) is 20.3 Å². The largest absolute Gasteiger partial charge is 0.383 e. The Morgan fingerprint density at radius 2 is 2.05 bits per heavy atom. The van der Waals surface area contributed by atoms with E-state index >= 15 is 0 Å². The SMILES string of the molecule is CCC(C)N(CCOC)C(C)CC(C)(NC1CC1)C(N)=O. The van der Waals surface area contributed by atoms with E-state index in [1.165, 1.54) is 0 Å².